The van der Waals surface area contributed by atoms with Crippen LogP contribution in [0, 0.1) is 0 Å². The minimum Gasteiger partial charge on any atom is -0.312 e. The number of benzene rings is 1. The number of rotatable bonds is 6. The van der Waals surface area contributed by atoms with E-state index in [1.54, 1.807) is 17.4 Å². The van der Waals surface area contributed by atoms with Crippen LogP contribution in [0.1, 0.15) is 35.0 Å². The van der Waals surface area contributed by atoms with Crippen molar-refractivity contribution in [1.82, 2.24) is 10.3 Å². The number of nitrogens with zero attached hydrogens (tertiary/aromatic N) is 1. The molecule has 0 saturated heterocycles. The second kappa shape index (κ2) is 7.41. The van der Waals surface area contributed by atoms with Crippen LogP contribution in [0.15, 0.2) is 18.2 Å². The Labute approximate surface area is 134 Å². The number of aromatic nitrogens is 1. The van der Waals surface area contributed by atoms with Crippen LogP contribution in [0.3, 0.4) is 0 Å². The lowest BCUT2D eigenvalue weighted by Gasteiger charge is -2.02. The molecule has 0 unspecified atom stereocenters. The molecule has 1 aromatic heterocycles. The third-order valence-electron chi connectivity index (χ3n) is 3.05. The molecule has 0 saturated carbocycles. The molecule has 1 N–H and O–H groups in total. The number of halogens is 2. The summed E-state index contributed by atoms with van der Waals surface area (Å²) in [6, 6.07) is 5.63. The molecule has 0 amide bonds. The molecule has 0 radical (unpaired) electrons. The van der Waals surface area contributed by atoms with E-state index >= 15 is 0 Å². The van der Waals surface area contributed by atoms with Crippen LogP contribution < -0.4 is 5.32 Å². The molecule has 0 aliphatic heterocycles. The van der Waals surface area contributed by atoms with E-state index in [4.69, 9.17) is 28.2 Å². The maximum absolute atomic E-state index is 6.22. The normalized spacial score (nSPS) is 11.0. The van der Waals surface area contributed by atoms with Crippen molar-refractivity contribution in [3.05, 3.63) is 49.4 Å². The molecule has 20 heavy (non-hydrogen) atoms. The Morgan fingerprint density at radius 2 is 2.05 bits per heavy atom. The van der Waals surface area contributed by atoms with Gasteiger partial charge < -0.3 is 5.32 Å². The predicted octanol–water partition coefficient (Wildman–Crippen LogP) is 4.71. The second-order valence-corrected chi connectivity index (χ2v) is 6.54. The van der Waals surface area contributed by atoms with Crippen molar-refractivity contribution in [2.75, 3.05) is 6.54 Å². The number of aryl methyl sites for hydroxylation is 1. The van der Waals surface area contributed by atoms with Gasteiger partial charge in [0.2, 0.25) is 0 Å². The second-order valence-electron chi connectivity index (χ2n) is 4.52. The fraction of sp³-hybridized carbons (Fsp3) is 0.400. The van der Waals surface area contributed by atoms with Gasteiger partial charge in [-0.3, -0.25) is 0 Å². The molecule has 0 aliphatic rings. The Kier molecular flexibility index (Phi) is 5.85. The molecule has 2 nitrogen and oxygen atoms in total. The van der Waals surface area contributed by atoms with Crippen molar-refractivity contribution >= 4 is 34.5 Å². The molecule has 0 spiro atoms. The molecule has 1 heterocycles. The molecular weight excluding hydrogens is 311 g/mol. The fourth-order valence-corrected chi connectivity index (χ4v) is 3.62. The Balaban J connectivity index is 2.18. The van der Waals surface area contributed by atoms with Gasteiger partial charge in [0, 0.05) is 27.9 Å². The van der Waals surface area contributed by atoms with Crippen LogP contribution in [-0.2, 0) is 19.4 Å². The summed E-state index contributed by atoms with van der Waals surface area (Å²) in [6.07, 6.45) is 1.73. The van der Waals surface area contributed by atoms with E-state index in [0.29, 0.717) is 10.0 Å². The van der Waals surface area contributed by atoms with Crippen molar-refractivity contribution in [1.29, 1.82) is 0 Å². The summed E-state index contributed by atoms with van der Waals surface area (Å²) in [5, 5.41) is 5.85. The lowest BCUT2D eigenvalue weighted by atomic mass is 10.1. The Morgan fingerprint density at radius 1 is 1.25 bits per heavy atom. The van der Waals surface area contributed by atoms with Gasteiger partial charge >= 0.3 is 0 Å². The molecule has 0 aliphatic carbocycles. The van der Waals surface area contributed by atoms with Gasteiger partial charge in [0.25, 0.3) is 0 Å². The zero-order chi connectivity index (χ0) is 14.5. The van der Waals surface area contributed by atoms with E-state index in [-0.39, 0.29) is 0 Å². The SMILES string of the molecule is CCNCc1sc(Cc2ccc(Cl)cc2Cl)nc1CC. The Hall–Kier alpha value is -0.610. The Bertz CT molecular complexity index is 581. The molecule has 0 bridgehead atoms. The fourth-order valence-electron chi connectivity index (χ4n) is 1.99. The average molecular weight is 329 g/mol. The van der Waals surface area contributed by atoms with Crippen molar-refractivity contribution in [3.8, 4) is 0 Å². The zero-order valence-electron chi connectivity index (χ0n) is 11.7. The highest BCUT2D eigenvalue weighted by Crippen LogP contribution is 2.26. The van der Waals surface area contributed by atoms with E-state index in [9.17, 15) is 0 Å². The van der Waals surface area contributed by atoms with Crippen LogP contribution in [-0.4, -0.2) is 11.5 Å². The van der Waals surface area contributed by atoms with Gasteiger partial charge in [-0.1, -0.05) is 43.1 Å². The van der Waals surface area contributed by atoms with Crippen LogP contribution in [0.5, 0.6) is 0 Å². The first-order valence-electron chi connectivity index (χ1n) is 6.76. The highest BCUT2D eigenvalue weighted by Gasteiger charge is 2.11. The minimum atomic E-state index is 0.667. The first-order chi connectivity index (χ1) is 9.63. The van der Waals surface area contributed by atoms with E-state index in [2.05, 4.69) is 19.2 Å². The molecule has 2 rings (SSSR count). The quantitative estimate of drug-likeness (QED) is 0.830. The van der Waals surface area contributed by atoms with Gasteiger partial charge in [0.05, 0.1) is 10.7 Å². The van der Waals surface area contributed by atoms with E-state index in [1.165, 1.54) is 10.6 Å². The summed E-state index contributed by atoms with van der Waals surface area (Å²) < 4.78 is 0. The van der Waals surface area contributed by atoms with Crippen molar-refractivity contribution < 1.29 is 0 Å². The van der Waals surface area contributed by atoms with Gasteiger partial charge in [-0.15, -0.1) is 11.3 Å². The largest absolute Gasteiger partial charge is 0.312 e. The molecule has 108 valence electrons. The number of nitrogens with one attached hydrogen (secondary N) is 1. The third kappa shape index (κ3) is 3.95. The molecule has 1 aromatic carbocycles. The lowest BCUT2D eigenvalue weighted by Crippen LogP contribution is -2.11. The molecule has 0 fully saturated rings. The smallest absolute Gasteiger partial charge is 0.0975 e. The van der Waals surface area contributed by atoms with Gasteiger partial charge in [-0.25, -0.2) is 4.98 Å². The standard InChI is InChI=1S/C15H18Cl2N2S/c1-3-13-14(9-18-4-2)20-15(19-13)7-10-5-6-11(16)8-12(10)17/h5-6,8,18H,3-4,7,9H2,1-2H3. The molecular formula is C15H18Cl2N2S. The van der Waals surface area contributed by atoms with E-state index < -0.39 is 0 Å². The minimum absolute atomic E-state index is 0.667. The lowest BCUT2D eigenvalue weighted by molar-refractivity contribution is 0.727. The first kappa shape index (κ1) is 15.8. The summed E-state index contributed by atoms with van der Waals surface area (Å²) >= 11 is 13.9. The summed E-state index contributed by atoms with van der Waals surface area (Å²) in [6.45, 7) is 6.12. The Morgan fingerprint density at radius 3 is 2.70 bits per heavy atom. The summed E-state index contributed by atoms with van der Waals surface area (Å²) in [5.41, 5.74) is 2.26. The van der Waals surface area contributed by atoms with Crippen molar-refractivity contribution in [2.45, 2.75) is 33.2 Å². The highest BCUT2D eigenvalue weighted by molar-refractivity contribution is 7.11. The van der Waals surface area contributed by atoms with Crippen molar-refractivity contribution in [2.24, 2.45) is 0 Å². The number of thiazole rings is 1. The molecule has 5 heteroatoms. The summed E-state index contributed by atoms with van der Waals surface area (Å²) in [7, 11) is 0. The van der Waals surface area contributed by atoms with Crippen LogP contribution in [0.4, 0.5) is 0 Å². The predicted molar refractivity (Wildman–Crippen MR) is 88.1 cm³/mol. The molecule has 0 atom stereocenters. The maximum atomic E-state index is 6.22. The van der Waals surface area contributed by atoms with E-state index in [0.717, 1.165) is 36.5 Å². The van der Waals surface area contributed by atoms with Gasteiger partial charge in [-0.05, 0) is 30.7 Å². The highest BCUT2D eigenvalue weighted by atomic mass is 35.5. The first-order valence-corrected chi connectivity index (χ1v) is 8.33. The number of hydrogen-bond acceptors (Lipinski definition) is 3. The molecule has 2 aromatic rings. The van der Waals surface area contributed by atoms with Gasteiger partial charge in [-0.2, -0.15) is 0 Å². The van der Waals surface area contributed by atoms with Gasteiger partial charge in [0.15, 0.2) is 0 Å². The summed E-state index contributed by atoms with van der Waals surface area (Å²) in [5.74, 6) is 0. The zero-order valence-corrected chi connectivity index (χ0v) is 14.0. The third-order valence-corrected chi connectivity index (χ3v) is 4.73. The van der Waals surface area contributed by atoms with Crippen molar-refractivity contribution in [3.63, 3.8) is 0 Å². The number of hydrogen-bond donors (Lipinski definition) is 1. The van der Waals surface area contributed by atoms with Gasteiger partial charge in [0.1, 0.15) is 0 Å². The van der Waals surface area contributed by atoms with E-state index in [1.807, 2.05) is 12.1 Å². The average Bonchev–Trinajstić information content (AvgIpc) is 2.81. The monoisotopic (exact) mass is 328 g/mol. The van der Waals surface area contributed by atoms with Crippen LogP contribution in [0.2, 0.25) is 10.0 Å². The maximum Gasteiger partial charge on any atom is 0.0975 e. The topological polar surface area (TPSA) is 24.9 Å². The van der Waals surface area contributed by atoms with Crippen LogP contribution >= 0.6 is 34.5 Å². The van der Waals surface area contributed by atoms with Crippen LogP contribution in [0.25, 0.3) is 0 Å². The summed E-state index contributed by atoms with van der Waals surface area (Å²) in [4.78, 5) is 6.06.